The van der Waals surface area contributed by atoms with Gasteiger partial charge in [0, 0.05) is 11.0 Å². The first-order valence-electron chi connectivity index (χ1n) is 9.69. The van der Waals surface area contributed by atoms with Gasteiger partial charge in [-0.25, -0.2) is 4.79 Å². The lowest BCUT2D eigenvalue weighted by Gasteiger charge is -2.49. The Hall–Kier alpha value is -1.55. The predicted molar refractivity (Wildman–Crippen MR) is 95.1 cm³/mol. The van der Waals surface area contributed by atoms with Crippen LogP contribution < -0.4 is 4.74 Å². The lowest BCUT2D eigenvalue weighted by molar-refractivity contribution is -0.0574. The molecule has 2 fully saturated rings. The van der Waals surface area contributed by atoms with Crippen LogP contribution in [0.3, 0.4) is 0 Å². The Bertz CT molecular complexity index is 680. The number of rotatable bonds is 4. The van der Waals surface area contributed by atoms with Crippen molar-refractivity contribution in [3.05, 3.63) is 29.3 Å². The number of ether oxygens (including phenoxy) is 1. The van der Waals surface area contributed by atoms with Gasteiger partial charge in [0.1, 0.15) is 5.75 Å². The quantitative estimate of drug-likeness (QED) is 0.861. The van der Waals surface area contributed by atoms with Gasteiger partial charge in [-0.3, -0.25) is 0 Å². The smallest absolute Gasteiger partial charge is 0.335 e. The fourth-order valence-corrected chi connectivity index (χ4v) is 5.35. The minimum atomic E-state index is -0.916. The number of carbonyl (C=O) groups is 1. The number of hydrogen-bond donors (Lipinski definition) is 2. The summed E-state index contributed by atoms with van der Waals surface area (Å²) in [6, 6.07) is 5.35. The van der Waals surface area contributed by atoms with Crippen molar-refractivity contribution in [3.8, 4) is 5.75 Å². The summed E-state index contributed by atoms with van der Waals surface area (Å²) in [5.41, 5.74) is 0.912. The van der Waals surface area contributed by atoms with Crippen molar-refractivity contribution in [1.82, 2.24) is 0 Å². The predicted octanol–water partition coefficient (Wildman–Crippen LogP) is 4.15. The van der Waals surface area contributed by atoms with E-state index in [0.717, 1.165) is 55.8 Å². The maximum atomic E-state index is 11.3. The third kappa shape index (κ3) is 2.95. The summed E-state index contributed by atoms with van der Waals surface area (Å²) in [6.07, 6.45) is 8.08. The van der Waals surface area contributed by atoms with E-state index in [1.807, 2.05) is 6.07 Å². The fraction of sp³-hybridized carbons (Fsp3) is 0.667. The van der Waals surface area contributed by atoms with Crippen molar-refractivity contribution < 1.29 is 19.7 Å². The average molecular weight is 344 g/mol. The summed E-state index contributed by atoms with van der Waals surface area (Å²) in [5, 5.41) is 20.4. The summed E-state index contributed by atoms with van der Waals surface area (Å²) in [7, 11) is 0. The lowest BCUT2D eigenvalue weighted by Crippen LogP contribution is -2.47. The Morgan fingerprint density at radius 2 is 2.08 bits per heavy atom. The Kier molecular flexibility index (Phi) is 4.06. The van der Waals surface area contributed by atoms with Crippen molar-refractivity contribution in [1.29, 1.82) is 0 Å². The molecule has 136 valence electrons. The number of carboxylic acid groups (broad SMARTS) is 1. The maximum Gasteiger partial charge on any atom is 0.335 e. The Morgan fingerprint density at radius 1 is 1.28 bits per heavy atom. The van der Waals surface area contributed by atoms with Crippen LogP contribution in [0.25, 0.3) is 0 Å². The maximum absolute atomic E-state index is 11.3. The average Bonchev–Trinajstić information content (AvgIpc) is 3.40. The zero-order chi connectivity index (χ0) is 17.7. The van der Waals surface area contributed by atoms with Gasteiger partial charge in [-0.05, 0) is 62.5 Å². The molecule has 1 heterocycles. The van der Waals surface area contributed by atoms with E-state index in [-0.39, 0.29) is 11.0 Å². The Balaban J connectivity index is 1.69. The number of aliphatic hydroxyl groups is 1. The summed E-state index contributed by atoms with van der Waals surface area (Å²) < 4.78 is 5.97. The zero-order valence-electron chi connectivity index (χ0n) is 15.0. The minimum absolute atomic E-state index is 0.00134. The van der Waals surface area contributed by atoms with Gasteiger partial charge in [0.15, 0.2) is 0 Å². The van der Waals surface area contributed by atoms with Gasteiger partial charge in [0.05, 0.1) is 17.8 Å². The molecule has 4 heteroatoms. The van der Waals surface area contributed by atoms with Crippen LogP contribution in [-0.2, 0) is 5.41 Å². The Morgan fingerprint density at radius 3 is 2.76 bits per heavy atom. The summed E-state index contributed by atoms with van der Waals surface area (Å²) in [6.45, 7) is 2.82. The highest BCUT2D eigenvalue weighted by Crippen LogP contribution is 2.56. The molecule has 4 rings (SSSR count). The van der Waals surface area contributed by atoms with Crippen molar-refractivity contribution in [2.45, 2.75) is 69.3 Å². The molecule has 1 aromatic rings. The van der Waals surface area contributed by atoms with Crippen LogP contribution in [0, 0.1) is 11.8 Å². The monoisotopic (exact) mass is 344 g/mol. The van der Waals surface area contributed by atoms with E-state index in [4.69, 9.17) is 4.74 Å². The first-order chi connectivity index (χ1) is 12.0. The van der Waals surface area contributed by atoms with Crippen LogP contribution in [0.5, 0.6) is 5.75 Å². The first kappa shape index (κ1) is 16.9. The van der Waals surface area contributed by atoms with E-state index in [1.54, 1.807) is 12.1 Å². The molecule has 4 nitrogen and oxygen atoms in total. The van der Waals surface area contributed by atoms with Gasteiger partial charge >= 0.3 is 5.97 Å². The van der Waals surface area contributed by atoms with Gasteiger partial charge in [0.25, 0.3) is 0 Å². The van der Waals surface area contributed by atoms with Crippen LogP contribution in [0.1, 0.15) is 74.2 Å². The highest BCUT2D eigenvalue weighted by Gasteiger charge is 2.51. The number of benzene rings is 1. The fourth-order valence-electron chi connectivity index (χ4n) is 5.35. The van der Waals surface area contributed by atoms with Crippen LogP contribution >= 0.6 is 0 Å². The topological polar surface area (TPSA) is 66.8 Å². The molecule has 3 atom stereocenters. The molecule has 0 aromatic heterocycles. The number of aromatic carboxylic acids is 1. The lowest BCUT2D eigenvalue weighted by atomic mass is 9.56. The number of fused-ring (bicyclic) bond motifs is 3. The molecule has 0 amide bonds. The van der Waals surface area contributed by atoms with E-state index >= 15 is 0 Å². The van der Waals surface area contributed by atoms with Crippen LogP contribution in [0.4, 0.5) is 0 Å². The largest absolute Gasteiger partial charge is 0.493 e. The highest BCUT2D eigenvalue weighted by molar-refractivity contribution is 5.88. The summed E-state index contributed by atoms with van der Waals surface area (Å²) in [4.78, 5) is 11.3. The van der Waals surface area contributed by atoms with E-state index in [9.17, 15) is 15.0 Å². The Labute approximate surface area is 149 Å². The van der Waals surface area contributed by atoms with Crippen LogP contribution in [0.2, 0.25) is 0 Å². The second-order valence-corrected chi connectivity index (χ2v) is 8.44. The standard InChI is InChI=1S/C21H28O4/c1-2-21-9-8-20(24,12-14-3-4-14)13-16(21)7-10-25-18-11-15(19(22)23)5-6-17(18)21/h5-6,11,14,16,24H,2-4,7-10,12-13H2,1H3,(H,22,23)/t16-,20-,21+/m0/s1. The van der Waals surface area contributed by atoms with E-state index < -0.39 is 11.6 Å². The molecule has 0 spiro atoms. The van der Waals surface area contributed by atoms with Crippen LogP contribution in [0.15, 0.2) is 18.2 Å². The molecule has 25 heavy (non-hydrogen) atoms. The minimum Gasteiger partial charge on any atom is -0.493 e. The first-order valence-corrected chi connectivity index (χ1v) is 9.69. The van der Waals surface area contributed by atoms with Gasteiger partial charge in [-0.1, -0.05) is 25.8 Å². The van der Waals surface area contributed by atoms with Crippen molar-refractivity contribution >= 4 is 5.97 Å². The van der Waals surface area contributed by atoms with E-state index in [1.165, 1.54) is 12.8 Å². The van der Waals surface area contributed by atoms with Gasteiger partial charge < -0.3 is 14.9 Å². The molecule has 2 saturated carbocycles. The molecule has 2 N–H and O–H groups in total. The second-order valence-electron chi connectivity index (χ2n) is 8.44. The molecule has 1 aliphatic heterocycles. The molecule has 0 unspecified atom stereocenters. The van der Waals surface area contributed by atoms with E-state index in [0.29, 0.717) is 12.5 Å². The third-order valence-corrected chi connectivity index (χ3v) is 6.93. The number of hydrogen-bond acceptors (Lipinski definition) is 3. The van der Waals surface area contributed by atoms with Gasteiger partial charge in [-0.15, -0.1) is 0 Å². The zero-order valence-corrected chi connectivity index (χ0v) is 15.0. The molecular formula is C21H28O4. The molecule has 0 bridgehead atoms. The third-order valence-electron chi connectivity index (χ3n) is 6.93. The molecule has 1 aromatic carbocycles. The SMILES string of the molecule is CC[C@@]12CC[C@](O)(CC3CC3)C[C@@H]1CCOc1cc(C(=O)O)ccc12. The number of carboxylic acids is 1. The molecule has 0 saturated heterocycles. The van der Waals surface area contributed by atoms with Gasteiger partial charge in [-0.2, -0.15) is 0 Å². The molecular weight excluding hydrogens is 316 g/mol. The second kappa shape index (κ2) is 6.01. The highest BCUT2D eigenvalue weighted by atomic mass is 16.5. The van der Waals surface area contributed by atoms with E-state index in [2.05, 4.69) is 6.92 Å². The van der Waals surface area contributed by atoms with Crippen LogP contribution in [-0.4, -0.2) is 28.4 Å². The molecule has 0 radical (unpaired) electrons. The van der Waals surface area contributed by atoms with Crippen molar-refractivity contribution in [2.24, 2.45) is 11.8 Å². The molecule has 2 aliphatic carbocycles. The van der Waals surface area contributed by atoms with Crippen molar-refractivity contribution in [2.75, 3.05) is 6.61 Å². The van der Waals surface area contributed by atoms with Gasteiger partial charge in [0.2, 0.25) is 0 Å². The normalized spacial score (nSPS) is 34.4. The summed E-state index contributed by atoms with van der Waals surface area (Å²) >= 11 is 0. The van der Waals surface area contributed by atoms with Crippen molar-refractivity contribution in [3.63, 3.8) is 0 Å². The summed E-state index contributed by atoms with van der Waals surface area (Å²) in [5.74, 6) is 0.940. The molecule has 3 aliphatic rings.